The Labute approximate surface area is 203 Å². The fourth-order valence-corrected chi connectivity index (χ4v) is 5.38. The first-order valence-electron chi connectivity index (χ1n) is 12.7. The average molecular weight is 467 g/mol. The lowest BCUT2D eigenvalue weighted by Crippen LogP contribution is -2.50. The lowest BCUT2D eigenvalue weighted by molar-refractivity contribution is -0.118. The lowest BCUT2D eigenvalue weighted by atomic mass is 9.93. The first-order chi connectivity index (χ1) is 16.4. The number of hydrogen-bond donors (Lipinski definition) is 0. The molecule has 0 radical (unpaired) electrons. The van der Waals surface area contributed by atoms with E-state index in [4.69, 9.17) is 4.52 Å². The van der Waals surface area contributed by atoms with Crippen LogP contribution in [0, 0.1) is 5.92 Å². The van der Waals surface area contributed by atoms with E-state index in [1.165, 1.54) is 0 Å². The number of piperidine rings is 1. The van der Waals surface area contributed by atoms with Crippen molar-refractivity contribution in [3.63, 3.8) is 0 Å². The Bertz CT molecular complexity index is 1000. The van der Waals surface area contributed by atoms with Gasteiger partial charge in [-0.2, -0.15) is 0 Å². The summed E-state index contributed by atoms with van der Waals surface area (Å²) in [5.41, 5.74) is 2.70. The Kier molecular flexibility index (Phi) is 7.71. The zero-order chi connectivity index (χ0) is 24.2. The number of nitrogens with zero attached hydrogens (tertiary/aromatic N) is 4. The molecule has 7 nitrogen and oxygen atoms in total. The molecule has 1 aromatic heterocycles. The van der Waals surface area contributed by atoms with E-state index in [9.17, 15) is 9.59 Å². The third-order valence-electron chi connectivity index (χ3n) is 7.27. The summed E-state index contributed by atoms with van der Waals surface area (Å²) in [6.07, 6.45) is 5.49. The van der Waals surface area contributed by atoms with E-state index in [-0.39, 0.29) is 17.9 Å². The van der Waals surface area contributed by atoms with Crippen LogP contribution in [0.3, 0.4) is 0 Å². The van der Waals surface area contributed by atoms with Crippen molar-refractivity contribution < 1.29 is 14.1 Å². The molecule has 0 aliphatic carbocycles. The topological polar surface area (TPSA) is 69.9 Å². The molecule has 184 valence electrons. The second kappa shape index (κ2) is 10.7. The molecule has 0 spiro atoms. The first-order valence-corrected chi connectivity index (χ1v) is 12.7. The number of carbonyl (C=O) groups excluding carboxylic acids is 2. The van der Waals surface area contributed by atoms with Gasteiger partial charge < -0.3 is 14.3 Å². The Morgan fingerprint density at radius 1 is 1.15 bits per heavy atom. The van der Waals surface area contributed by atoms with Crippen molar-refractivity contribution in [1.82, 2.24) is 15.0 Å². The van der Waals surface area contributed by atoms with Gasteiger partial charge in [0.1, 0.15) is 0 Å². The second-order valence-electron chi connectivity index (χ2n) is 10.2. The van der Waals surface area contributed by atoms with Crippen LogP contribution in [0.4, 0.5) is 5.69 Å². The molecule has 1 fully saturated rings. The molecular weight excluding hydrogens is 428 g/mol. The van der Waals surface area contributed by atoms with Gasteiger partial charge in [0.25, 0.3) is 5.91 Å². The fraction of sp³-hybridized carbons (Fsp3) is 0.593. The van der Waals surface area contributed by atoms with E-state index < -0.39 is 0 Å². The Morgan fingerprint density at radius 2 is 1.91 bits per heavy atom. The SMILES string of the molecule is CCC(=O)N1CCC2CCCC(CN(C(=O)c3cc(CC(C)C)no3)Cc3ccccc31)N2C. The molecule has 1 saturated heterocycles. The zero-order valence-corrected chi connectivity index (χ0v) is 21.0. The highest BCUT2D eigenvalue weighted by molar-refractivity contribution is 5.94. The summed E-state index contributed by atoms with van der Waals surface area (Å²) in [6.45, 7) is 7.91. The number of aromatic nitrogens is 1. The summed E-state index contributed by atoms with van der Waals surface area (Å²) >= 11 is 0. The minimum absolute atomic E-state index is 0.119. The number of likely N-dealkylation sites (N-methyl/N-ethyl adjacent to an activating group) is 1. The molecule has 1 aromatic carbocycles. The van der Waals surface area contributed by atoms with Crippen molar-refractivity contribution in [2.24, 2.45) is 5.92 Å². The van der Waals surface area contributed by atoms with E-state index >= 15 is 0 Å². The predicted octanol–water partition coefficient (Wildman–Crippen LogP) is 4.52. The molecule has 3 heterocycles. The third kappa shape index (κ3) is 5.35. The molecule has 34 heavy (non-hydrogen) atoms. The van der Waals surface area contributed by atoms with Crippen molar-refractivity contribution in [2.45, 2.75) is 77.9 Å². The first kappa shape index (κ1) is 24.5. The van der Waals surface area contributed by atoms with Gasteiger partial charge in [-0.15, -0.1) is 0 Å². The van der Waals surface area contributed by atoms with Crippen molar-refractivity contribution in [1.29, 1.82) is 0 Å². The fourth-order valence-electron chi connectivity index (χ4n) is 5.38. The molecule has 2 bridgehead atoms. The van der Waals surface area contributed by atoms with Crippen molar-refractivity contribution in [2.75, 3.05) is 25.0 Å². The molecule has 2 atom stereocenters. The Morgan fingerprint density at radius 3 is 2.68 bits per heavy atom. The number of anilines is 1. The van der Waals surface area contributed by atoms with Crippen molar-refractivity contribution in [3.8, 4) is 0 Å². The van der Waals surface area contributed by atoms with Crippen LogP contribution in [0.15, 0.2) is 34.9 Å². The quantitative estimate of drug-likeness (QED) is 0.663. The summed E-state index contributed by atoms with van der Waals surface area (Å²) in [6, 6.07) is 10.5. The second-order valence-corrected chi connectivity index (χ2v) is 10.2. The molecule has 0 saturated carbocycles. The van der Waals surface area contributed by atoms with Crippen LogP contribution in [0.2, 0.25) is 0 Å². The van der Waals surface area contributed by atoms with Gasteiger partial charge in [0.2, 0.25) is 11.7 Å². The summed E-state index contributed by atoms with van der Waals surface area (Å²) in [5.74, 6) is 0.709. The monoisotopic (exact) mass is 466 g/mol. The molecule has 2 unspecified atom stereocenters. The van der Waals surface area contributed by atoms with Gasteiger partial charge in [-0.25, -0.2) is 0 Å². The van der Waals surface area contributed by atoms with Crippen LogP contribution in [0.25, 0.3) is 0 Å². The summed E-state index contributed by atoms with van der Waals surface area (Å²) in [4.78, 5) is 32.9. The Hall–Kier alpha value is -2.67. The molecule has 7 heteroatoms. The zero-order valence-electron chi connectivity index (χ0n) is 21.0. The number of hydrogen-bond acceptors (Lipinski definition) is 5. The van der Waals surface area contributed by atoms with E-state index in [1.807, 2.05) is 41.0 Å². The number of amides is 2. The smallest absolute Gasteiger partial charge is 0.292 e. The summed E-state index contributed by atoms with van der Waals surface area (Å²) in [5, 5.41) is 4.14. The predicted molar refractivity (Wildman–Crippen MR) is 133 cm³/mol. The van der Waals surface area contributed by atoms with Gasteiger partial charge >= 0.3 is 0 Å². The van der Waals surface area contributed by atoms with Crippen LogP contribution in [-0.2, 0) is 17.8 Å². The maximum atomic E-state index is 13.7. The average Bonchev–Trinajstić information content (AvgIpc) is 3.28. The number of para-hydroxylation sites is 1. The maximum Gasteiger partial charge on any atom is 0.292 e. The van der Waals surface area contributed by atoms with Gasteiger partial charge in [0, 0.05) is 49.9 Å². The number of carbonyl (C=O) groups is 2. The van der Waals surface area contributed by atoms with Gasteiger partial charge in [-0.3, -0.25) is 14.5 Å². The van der Waals surface area contributed by atoms with Crippen LogP contribution in [-0.4, -0.2) is 59.0 Å². The highest BCUT2D eigenvalue weighted by Crippen LogP contribution is 2.30. The van der Waals surface area contributed by atoms with E-state index in [0.717, 1.165) is 49.0 Å². The minimum atomic E-state index is -0.138. The molecule has 2 aliphatic heterocycles. The minimum Gasteiger partial charge on any atom is -0.351 e. The normalized spacial score (nSPS) is 21.8. The van der Waals surface area contributed by atoms with Gasteiger partial charge in [0.05, 0.1) is 5.69 Å². The summed E-state index contributed by atoms with van der Waals surface area (Å²) in [7, 11) is 2.17. The van der Waals surface area contributed by atoms with Crippen LogP contribution in [0.5, 0.6) is 0 Å². The van der Waals surface area contributed by atoms with Gasteiger partial charge in [-0.1, -0.05) is 50.5 Å². The molecule has 4 rings (SSSR count). The van der Waals surface area contributed by atoms with Crippen LogP contribution >= 0.6 is 0 Å². The molecule has 2 aliphatic rings. The third-order valence-corrected chi connectivity index (χ3v) is 7.27. The van der Waals surface area contributed by atoms with Gasteiger partial charge in [0.15, 0.2) is 0 Å². The summed E-state index contributed by atoms with van der Waals surface area (Å²) < 4.78 is 5.51. The van der Waals surface area contributed by atoms with Crippen LogP contribution < -0.4 is 4.90 Å². The Balaban J connectivity index is 1.71. The largest absolute Gasteiger partial charge is 0.351 e. The lowest BCUT2D eigenvalue weighted by Gasteiger charge is -2.41. The standard InChI is InChI=1S/C27H38N4O3/c1-5-26(32)31-14-13-22-10-8-11-23(29(22)4)18-30(17-20-9-6-7-12-24(20)31)27(33)25-16-21(28-34-25)15-19(2)3/h6-7,9,12,16,19,22-23H,5,8,10-11,13-15,17-18H2,1-4H3. The maximum absolute atomic E-state index is 13.7. The molecular formula is C27H38N4O3. The van der Waals surface area contributed by atoms with E-state index in [1.54, 1.807) is 6.07 Å². The number of benzene rings is 1. The molecule has 2 amide bonds. The van der Waals surface area contributed by atoms with E-state index in [2.05, 4.69) is 31.0 Å². The molecule has 0 N–H and O–H groups in total. The van der Waals surface area contributed by atoms with Crippen molar-refractivity contribution >= 4 is 17.5 Å². The highest BCUT2D eigenvalue weighted by Gasteiger charge is 2.33. The molecule has 2 aromatic rings. The number of fused-ring (bicyclic) bond motifs is 3. The highest BCUT2D eigenvalue weighted by atomic mass is 16.5. The van der Waals surface area contributed by atoms with E-state index in [0.29, 0.717) is 43.8 Å². The van der Waals surface area contributed by atoms with Crippen LogP contribution in [0.1, 0.15) is 74.7 Å². The van der Waals surface area contributed by atoms with Gasteiger partial charge in [-0.05, 0) is 50.3 Å². The van der Waals surface area contributed by atoms with Crippen molar-refractivity contribution in [3.05, 3.63) is 47.3 Å². The number of rotatable bonds is 4.